The first-order chi connectivity index (χ1) is 8.88. The van der Waals surface area contributed by atoms with Crippen molar-refractivity contribution < 1.29 is 13.2 Å². The van der Waals surface area contributed by atoms with Crippen LogP contribution in [0.5, 0.6) is 0 Å². The number of hydrogen-bond donors (Lipinski definition) is 2. The Labute approximate surface area is 113 Å². The molecule has 0 bridgehead atoms. The summed E-state index contributed by atoms with van der Waals surface area (Å²) < 4.78 is 26.4. The van der Waals surface area contributed by atoms with E-state index in [1.807, 2.05) is 0 Å². The lowest BCUT2D eigenvalue weighted by atomic mass is 10.2. The summed E-state index contributed by atoms with van der Waals surface area (Å²) in [5, 5.41) is 2.85. The third-order valence-corrected chi connectivity index (χ3v) is 3.92. The van der Waals surface area contributed by atoms with Crippen molar-refractivity contribution in [1.82, 2.24) is 14.9 Å². The van der Waals surface area contributed by atoms with E-state index >= 15 is 0 Å². The fraction of sp³-hybridized carbons (Fsp3) is 0.417. The maximum Gasteiger partial charge on any atom is 0.253 e. The average molecular weight is 285 g/mol. The lowest BCUT2D eigenvalue weighted by Gasteiger charge is -2.11. The van der Waals surface area contributed by atoms with E-state index in [0.717, 1.165) is 0 Å². The maximum absolute atomic E-state index is 12.0. The molecule has 1 rings (SSSR count). The number of hydrogen-bond acceptors (Lipinski definition) is 4. The van der Waals surface area contributed by atoms with Gasteiger partial charge in [-0.25, -0.2) is 13.1 Å². The van der Waals surface area contributed by atoms with Gasteiger partial charge in [-0.3, -0.25) is 4.79 Å². The minimum Gasteiger partial charge on any atom is -0.345 e. The Bertz CT molecular complexity index is 541. The zero-order valence-electron chi connectivity index (χ0n) is 11.3. The third-order valence-electron chi connectivity index (χ3n) is 2.46. The molecule has 106 valence electrons. The quantitative estimate of drug-likeness (QED) is 0.715. The summed E-state index contributed by atoms with van der Waals surface area (Å²) >= 11 is 0. The summed E-state index contributed by atoms with van der Waals surface area (Å²) in [6, 6.07) is 6.00. The van der Waals surface area contributed by atoms with Gasteiger partial charge in [0.1, 0.15) is 0 Å². The van der Waals surface area contributed by atoms with E-state index in [0.29, 0.717) is 18.7 Å². The fourth-order valence-corrected chi connectivity index (χ4v) is 2.53. The SMILES string of the molecule is CNCCNS(=O)(=O)c1cccc(C(=O)N(C)C)c1. The van der Waals surface area contributed by atoms with Crippen LogP contribution < -0.4 is 10.0 Å². The molecule has 0 radical (unpaired) electrons. The van der Waals surface area contributed by atoms with Crippen molar-refractivity contribution in [3.63, 3.8) is 0 Å². The molecule has 0 saturated carbocycles. The standard InChI is InChI=1S/C12H19N3O3S/c1-13-7-8-14-19(17,18)11-6-4-5-10(9-11)12(16)15(2)3/h4-6,9,13-14H,7-8H2,1-3H3. The third kappa shape index (κ3) is 4.30. The van der Waals surface area contributed by atoms with E-state index in [1.54, 1.807) is 33.3 Å². The number of carbonyl (C=O) groups excluding carboxylic acids is 1. The van der Waals surface area contributed by atoms with Gasteiger partial charge in [0.2, 0.25) is 10.0 Å². The van der Waals surface area contributed by atoms with Gasteiger partial charge < -0.3 is 10.2 Å². The van der Waals surface area contributed by atoms with Crippen molar-refractivity contribution in [2.45, 2.75) is 4.90 Å². The van der Waals surface area contributed by atoms with Crippen LogP contribution in [0.15, 0.2) is 29.2 Å². The van der Waals surface area contributed by atoms with Gasteiger partial charge in [-0.05, 0) is 25.2 Å². The van der Waals surface area contributed by atoms with Crippen LogP contribution in [-0.4, -0.2) is 53.5 Å². The van der Waals surface area contributed by atoms with Crippen molar-refractivity contribution in [3.8, 4) is 0 Å². The predicted molar refractivity (Wildman–Crippen MR) is 73.6 cm³/mol. The largest absolute Gasteiger partial charge is 0.345 e. The van der Waals surface area contributed by atoms with Gasteiger partial charge in [0.15, 0.2) is 0 Å². The first kappa shape index (κ1) is 15.6. The molecular weight excluding hydrogens is 266 g/mol. The smallest absolute Gasteiger partial charge is 0.253 e. The molecule has 7 heteroatoms. The van der Waals surface area contributed by atoms with E-state index in [4.69, 9.17) is 0 Å². The zero-order chi connectivity index (χ0) is 14.5. The van der Waals surface area contributed by atoms with Crippen LogP contribution in [0.25, 0.3) is 0 Å². The molecule has 1 amide bonds. The van der Waals surface area contributed by atoms with Crippen LogP contribution in [-0.2, 0) is 10.0 Å². The highest BCUT2D eigenvalue weighted by Crippen LogP contribution is 2.12. The Morgan fingerprint density at radius 2 is 1.95 bits per heavy atom. The molecule has 2 N–H and O–H groups in total. The van der Waals surface area contributed by atoms with Crippen LogP contribution in [0.2, 0.25) is 0 Å². The second kappa shape index (κ2) is 6.65. The molecule has 0 atom stereocenters. The molecule has 0 aliphatic heterocycles. The average Bonchev–Trinajstić information content (AvgIpc) is 2.38. The van der Waals surface area contributed by atoms with E-state index in [-0.39, 0.29) is 10.8 Å². The summed E-state index contributed by atoms with van der Waals surface area (Å²) in [6.45, 7) is 0.834. The highest BCUT2D eigenvalue weighted by atomic mass is 32.2. The minimum atomic E-state index is -3.57. The second-order valence-corrected chi connectivity index (χ2v) is 6.00. The molecule has 0 saturated heterocycles. The molecule has 0 aliphatic rings. The van der Waals surface area contributed by atoms with Gasteiger partial charge in [0.25, 0.3) is 5.91 Å². The zero-order valence-corrected chi connectivity index (χ0v) is 12.1. The van der Waals surface area contributed by atoms with Crippen LogP contribution in [0.1, 0.15) is 10.4 Å². The molecule has 1 aromatic rings. The molecule has 0 fully saturated rings. The minimum absolute atomic E-state index is 0.0938. The summed E-state index contributed by atoms with van der Waals surface area (Å²) in [5.74, 6) is -0.229. The number of sulfonamides is 1. The lowest BCUT2D eigenvalue weighted by Crippen LogP contribution is -2.30. The van der Waals surface area contributed by atoms with Gasteiger partial charge in [-0.15, -0.1) is 0 Å². The van der Waals surface area contributed by atoms with Gasteiger partial charge in [0, 0.05) is 32.7 Å². The van der Waals surface area contributed by atoms with E-state index in [9.17, 15) is 13.2 Å². The maximum atomic E-state index is 12.0. The Balaban J connectivity index is 2.95. The molecule has 0 unspecified atom stereocenters. The Morgan fingerprint density at radius 3 is 2.53 bits per heavy atom. The summed E-state index contributed by atoms with van der Waals surface area (Å²) in [7, 11) is 1.41. The molecule has 1 aromatic carbocycles. The fourth-order valence-electron chi connectivity index (χ4n) is 1.45. The monoisotopic (exact) mass is 285 g/mol. The molecule has 0 aliphatic carbocycles. The number of likely N-dealkylation sites (N-methyl/N-ethyl adjacent to an activating group) is 1. The van der Waals surface area contributed by atoms with Crippen LogP contribution >= 0.6 is 0 Å². The van der Waals surface area contributed by atoms with Crippen LogP contribution in [0, 0.1) is 0 Å². The van der Waals surface area contributed by atoms with E-state index in [2.05, 4.69) is 10.0 Å². The predicted octanol–water partition coefficient (Wildman–Crippen LogP) is -0.114. The van der Waals surface area contributed by atoms with Gasteiger partial charge in [-0.1, -0.05) is 6.07 Å². The number of rotatable bonds is 6. The topological polar surface area (TPSA) is 78.5 Å². The lowest BCUT2D eigenvalue weighted by molar-refractivity contribution is 0.0827. The summed E-state index contributed by atoms with van der Waals surface area (Å²) in [5.41, 5.74) is 0.349. The van der Waals surface area contributed by atoms with Crippen LogP contribution in [0.3, 0.4) is 0 Å². The van der Waals surface area contributed by atoms with Gasteiger partial charge >= 0.3 is 0 Å². The summed E-state index contributed by atoms with van der Waals surface area (Å²) in [6.07, 6.45) is 0. The summed E-state index contributed by atoms with van der Waals surface area (Å²) in [4.78, 5) is 13.3. The molecule has 6 nitrogen and oxygen atoms in total. The first-order valence-corrected chi connectivity index (χ1v) is 7.33. The number of nitrogens with one attached hydrogen (secondary N) is 2. The normalized spacial score (nSPS) is 11.3. The number of benzene rings is 1. The van der Waals surface area contributed by atoms with Crippen molar-refractivity contribution in [2.75, 3.05) is 34.2 Å². The molecular formula is C12H19N3O3S. The van der Waals surface area contributed by atoms with Crippen molar-refractivity contribution in [1.29, 1.82) is 0 Å². The number of carbonyl (C=O) groups is 1. The highest BCUT2D eigenvalue weighted by molar-refractivity contribution is 7.89. The van der Waals surface area contributed by atoms with Crippen LogP contribution in [0.4, 0.5) is 0 Å². The molecule has 0 aromatic heterocycles. The number of amides is 1. The molecule has 0 heterocycles. The Hall–Kier alpha value is -1.44. The van der Waals surface area contributed by atoms with E-state index < -0.39 is 10.0 Å². The Kier molecular flexibility index (Phi) is 5.46. The number of nitrogens with zero attached hydrogens (tertiary/aromatic N) is 1. The van der Waals surface area contributed by atoms with Gasteiger partial charge in [0.05, 0.1) is 4.90 Å². The molecule has 0 spiro atoms. The highest BCUT2D eigenvalue weighted by Gasteiger charge is 2.16. The second-order valence-electron chi connectivity index (χ2n) is 4.23. The van der Waals surface area contributed by atoms with Crippen molar-refractivity contribution in [3.05, 3.63) is 29.8 Å². The first-order valence-electron chi connectivity index (χ1n) is 5.84. The van der Waals surface area contributed by atoms with Gasteiger partial charge in [-0.2, -0.15) is 0 Å². The van der Waals surface area contributed by atoms with Crippen molar-refractivity contribution >= 4 is 15.9 Å². The van der Waals surface area contributed by atoms with E-state index in [1.165, 1.54) is 17.0 Å². The van der Waals surface area contributed by atoms with Crippen molar-refractivity contribution in [2.24, 2.45) is 0 Å². The molecule has 19 heavy (non-hydrogen) atoms. The Morgan fingerprint density at radius 1 is 1.26 bits per heavy atom.